The van der Waals surface area contributed by atoms with Crippen molar-refractivity contribution in [1.29, 1.82) is 0 Å². The van der Waals surface area contributed by atoms with E-state index < -0.39 is 24.5 Å². The molecule has 0 radical (unpaired) electrons. The Morgan fingerprint density at radius 1 is 1.21 bits per heavy atom. The number of imide groups is 1. The Morgan fingerprint density at radius 2 is 1.92 bits per heavy atom. The van der Waals surface area contributed by atoms with Crippen LogP contribution < -0.4 is 15.4 Å². The summed E-state index contributed by atoms with van der Waals surface area (Å²) in [5.41, 5.74) is 0.768. The Kier molecular flexibility index (Phi) is 8.38. The summed E-state index contributed by atoms with van der Waals surface area (Å²) in [6, 6.07) is 6.42. The summed E-state index contributed by atoms with van der Waals surface area (Å²) >= 11 is 0. The molecule has 7 nitrogen and oxygen atoms in total. The molecule has 0 aromatic heterocycles. The van der Waals surface area contributed by atoms with Gasteiger partial charge in [-0.15, -0.1) is 0 Å². The number of hydrogen-bond acceptors (Lipinski definition) is 5. The first-order valence-electron chi connectivity index (χ1n) is 7.31. The highest BCUT2D eigenvalue weighted by Crippen LogP contribution is 2.13. The molecule has 0 heterocycles. The first kappa shape index (κ1) is 19.0. The highest BCUT2D eigenvalue weighted by atomic mass is 16.5. The third-order valence-corrected chi connectivity index (χ3v) is 2.60. The summed E-state index contributed by atoms with van der Waals surface area (Å²) in [7, 11) is 0. The van der Waals surface area contributed by atoms with Gasteiger partial charge >= 0.3 is 12.0 Å². The molecule has 128 valence electrons. The Morgan fingerprint density at radius 3 is 2.54 bits per heavy atom. The maximum Gasteiger partial charge on any atom is 0.331 e. The van der Waals surface area contributed by atoms with Gasteiger partial charge in [-0.3, -0.25) is 10.1 Å². The highest BCUT2D eigenvalue weighted by molar-refractivity contribution is 5.96. The minimum Gasteiger partial charge on any atom is -0.490 e. The number of urea groups is 1. The van der Waals surface area contributed by atoms with Crippen molar-refractivity contribution in [2.45, 2.75) is 6.92 Å². The van der Waals surface area contributed by atoms with Crippen LogP contribution in [-0.2, 0) is 14.3 Å². The molecule has 0 spiro atoms. The number of ether oxygens (including phenoxy) is 2. The highest BCUT2D eigenvalue weighted by Gasteiger charge is 2.08. The van der Waals surface area contributed by atoms with Crippen LogP contribution in [-0.4, -0.2) is 37.7 Å². The maximum atomic E-state index is 11.5. The van der Waals surface area contributed by atoms with Gasteiger partial charge in [-0.05, 0) is 30.7 Å². The fourth-order valence-corrected chi connectivity index (χ4v) is 1.55. The van der Waals surface area contributed by atoms with Crippen molar-refractivity contribution < 1.29 is 23.9 Å². The van der Waals surface area contributed by atoms with Gasteiger partial charge in [0, 0.05) is 12.6 Å². The molecule has 1 aromatic rings. The van der Waals surface area contributed by atoms with E-state index >= 15 is 0 Å². The Hall–Kier alpha value is -3.09. The summed E-state index contributed by atoms with van der Waals surface area (Å²) in [4.78, 5) is 33.9. The molecule has 0 fully saturated rings. The molecule has 0 saturated heterocycles. The lowest BCUT2D eigenvalue weighted by Gasteiger charge is -2.04. The largest absolute Gasteiger partial charge is 0.490 e. The van der Waals surface area contributed by atoms with E-state index in [0.717, 1.165) is 5.56 Å². The van der Waals surface area contributed by atoms with Crippen LogP contribution in [0.2, 0.25) is 0 Å². The van der Waals surface area contributed by atoms with Gasteiger partial charge in [0.1, 0.15) is 12.4 Å². The van der Waals surface area contributed by atoms with Crippen molar-refractivity contribution in [3.8, 4) is 5.75 Å². The number of carbonyl (C=O) groups is 3. The number of rotatable bonds is 8. The molecular formula is C17H20N2O5. The van der Waals surface area contributed by atoms with Gasteiger partial charge in [0.15, 0.2) is 6.61 Å². The van der Waals surface area contributed by atoms with Crippen LogP contribution in [0.4, 0.5) is 4.79 Å². The van der Waals surface area contributed by atoms with Crippen LogP contribution in [0.5, 0.6) is 5.75 Å². The van der Waals surface area contributed by atoms with Crippen LogP contribution in [0.3, 0.4) is 0 Å². The van der Waals surface area contributed by atoms with Crippen molar-refractivity contribution in [3.05, 3.63) is 48.6 Å². The average molecular weight is 332 g/mol. The van der Waals surface area contributed by atoms with E-state index in [1.165, 1.54) is 6.08 Å². The number of nitrogens with one attached hydrogen (secondary N) is 2. The monoisotopic (exact) mass is 332 g/mol. The van der Waals surface area contributed by atoms with Crippen LogP contribution in [0.1, 0.15) is 12.5 Å². The SMILES string of the molecule is C=CCOc1ccc(/C=C/C(=O)OCC(=O)NC(=O)NCC)cc1. The van der Waals surface area contributed by atoms with Gasteiger partial charge in [-0.25, -0.2) is 9.59 Å². The lowest BCUT2D eigenvalue weighted by Crippen LogP contribution is -2.41. The molecule has 1 rings (SSSR count). The second-order valence-corrected chi connectivity index (χ2v) is 4.52. The lowest BCUT2D eigenvalue weighted by molar-refractivity contribution is -0.143. The summed E-state index contributed by atoms with van der Waals surface area (Å²) in [5.74, 6) is -0.698. The summed E-state index contributed by atoms with van der Waals surface area (Å²) < 4.78 is 10.1. The van der Waals surface area contributed by atoms with Gasteiger partial charge in [0.2, 0.25) is 0 Å². The standard InChI is InChI=1S/C17H20N2O5/c1-3-11-23-14-8-5-13(6-9-14)7-10-16(21)24-12-15(20)19-17(22)18-4-2/h3,5-10H,1,4,11-12H2,2H3,(H2,18,19,20,22)/b10-7+. The van der Waals surface area contributed by atoms with Gasteiger partial charge < -0.3 is 14.8 Å². The fraction of sp³-hybridized carbons (Fsp3) is 0.235. The predicted molar refractivity (Wildman–Crippen MR) is 89.3 cm³/mol. The van der Waals surface area contributed by atoms with Crippen molar-refractivity contribution in [3.63, 3.8) is 0 Å². The van der Waals surface area contributed by atoms with Crippen LogP contribution >= 0.6 is 0 Å². The minimum atomic E-state index is -0.702. The van der Waals surface area contributed by atoms with E-state index in [1.54, 1.807) is 43.3 Å². The third-order valence-electron chi connectivity index (χ3n) is 2.60. The van der Waals surface area contributed by atoms with Crippen LogP contribution in [0.25, 0.3) is 6.08 Å². The molecule has 3 amide bonds. The Balaban J connectivity index is 2.38. The molecule has 7 heteroatoms. The quantitative estimate of drug-likeness (QED) is 0.429. The van der Waals surface area contributed by atoms with E-state index in [0.29, 0.717) is 18.9 Å². The summed E-state index contributed by atoms with van der Waals surface area (Å²) in [6.07, 6.45) is 4.38. The van der Waals surface area contributed by atoms with E-state index in [9.17, 15) is 14.4 Å². The molecule has 0 aliphatic rings. The summed E-state index contributed by atoms with van der Waals surface area (Å²) in [6.45, 7) is 5.55. The lowest BCUT2D eigenvalue weighted by atomic mass is 10.2. The zero-order valence-electron chi connectivity index (χ0n) is 13.4. The zero-order valence-corrected chi connectivity index (χ0v) is 13.4. The van der Waals surface area contributed by atoms with Crippen molar-refractivity contribution >= 4 is 24.0 Å². The smallest absolute Gasteiger partial charge is 0.331 e. The molecule has 24 heavy (non-hydrogen) atoms. The second kappa shape index (κ2) is 10.6. The molecule has 0 unspecified atom stereocenters. The number of benzene rings is 1. The molecule has 0 saturated carbocycles. The van der Waals surface area contributed by atoms with E-state index in [-0.39, 0.29) is 0 Å². The first-order chi connectivity index (χ1) is 11.5. The fourth-order valence-electron chi connectivity index (χ4n) is 1.55. The third kappa shape index (κ3) is 7.79. The van der Waals surface area contributed by atoms with Crippen molar-refractivity contribution in [1.82, 2.24) is 10.6 Å². The average Bonchev–Trinajstić information content (AvgIpc) is 2.57. The van der Waals surface area contributed by atoms with E-state index in [4.69, 9.17) is 9.47 Å². The molecule has 1 aromatic carbocycles. The normalized spacial score (nSPS) is 10.0. The second-order valence-electron chi connectivity index (χ2n) is 4.52. The number of esters is 1. The Bertz CT molecular complexity index is 608. The van der Waals surface area contributed by atoms with Gasteiger partial charge in [-0.1, -0.05) is 24.8 Å². The van der Waals surface area contributed by atoms with E-state index in [2.05, 4.69) is 11.9 Å². The zero-order chi connectivity index (χ0) is 17.8. The summed E-state index contributed by atoms with van der Waals surface area (Å²) in [5, 5.41) is 4.41. The van der Waals surface area contributed by atoms with Crippen molar-refractivity contribution in [2.75, 3.05) is 19.8 Å². The molecule has 0 atom stereocenters. The molecular weight excluding hydrogens is 312 g/mol. The van der Waals surface area contributed by atoms with Crippen molar-refractivity contribution in [2.24, 2.45) is 0 Å². The number of amides is 3. The number of carbonyl (C=O) groups excluding carboxylic acids is 3. The van der Waals surface area contributed by atoms with Gasteiger partial charge in [0.05, 0.1) is 0 Å². The topological polar surface area (TPSA) is 93.7 Å². The maximum absolute atomic E-state index is 11.5. The van der Waals surface area contributed by atoms with Crippen LogP contribution in [0, 0.1) is 0 Å². The molecule has 0 bridgehead atoms. The number of hydrogen-bond donors (Lipinski definition) is 2. The predicted octanol–water partition coefficient (Wildman–Crippen LogP) is 1.65. The minimum absolute atomic E-state index is 0.388. The first-order valence-corrected chi connectivity index (χ1v) is 7.31. The van der Waals surface area contributed by atoms with Crippen LogP contribution in [0.15, 0.2) is 43.0 Å². The van der Waals surface area contributed by atoms with E-state index in [1.807, 2.05) is 5.32 Å². The molecule has 0 aliphatic carbocycles. The van der Waals surface area contributed by atoms with Gasteiger partial charge in [-0.2, -0.15) is 0 Å². The Labute approximate surface area is 140 Å². The molecule has 2 N–H and O–H groups in total. The molecule has 0 aliphatic heterocycles. The van der Waals surface area contributed by atoms with Gasteiger partial charge in [0.25, 0.3) is 5.91 Å².